The molecule has 1 aliphatic carbocycles. The van der Waals surface area contributed by atoms with Crippen LogP contribution in [0.25, 0.3) is 5.57 Å². The van der Waals surface area contributed by atoms with Crippen molar-refractivity contribution in [3.63, 3.8) is 0 Å². The minimum absolute atomic E-state index is 0.0363. The molecule has 2 N–H and O–H groups in total. The Morgan fingerprint density at radius 1 is 1.21 bits per heavy atom. The molecule has 6 nitrogen and oxygen atoms in total. The summed E-state index contributed by atoms with van der Waals surface area (Å²) in [5, 5.41) is 13.6. The van der Waals surface area contributed by atoms with Gasteiger partial charge in [0.15, 0.2) is 0 Å². The first-order valence-corrected chi connectivity index (χ1v) is 12.2. The van der Waals surface area contributed by atoms with Gasteiger partial charge in [0.25, 0.3) is 5.56 Å². The zero-order valence-corrected chi connectivity index (χ0v) is 19.4. The molecular weight excluding hydrogens is 414 g/mol. The molecule has 1 fully saturated rings. The van der Waals surface area contributed by atoms with Crippen LogP contribution in [0, 0.1) is 11.8 Å². The van der Waals surface area contributed by atoms with Crippen molar-refractivity contribution in [2.24, 2.45) is 11.8 Å². The van der Waals surface area contributed by atoms with E-state index in [2.05, 4.69) is 23.2 Å². The van der Waals surface area contributed by atoms with Crippen molar-refractivity contribution in [3.05, 3.63) is 75.7 Å². The van der Waals surface area contributed by atoms with Crippen molar-refractivity contribution >= 4 is 11.5 Å². The fourth-order valence-electron chi connectivity index (χ4n) is 6.25. The number of likely N-dealkylation sites (N-methyl/N-ethyl adjacent to an activating group) is 1. The van der Waals surface area contributed by atoms with Crippen LogP contribution in [0.1, 0.15) is 62.0 Å². The minimum Gasteiger partial charge on any atom is -0.396 e. The lowest BCUT2D eigenvalue weighted by atomic mass is 9.86. The number of rotatable bonds is 6. The van der Waals surface area contributed by atoms with Crippen molar-refractivity contribution in [1.82, 2.24) is 14.8 Å². The second-order valence-corrected chi connectivity index (χ2v) is 9.57. The molecule has 1 amide bonds. The van der Waals surface area contributed by atoms with Crippen LogP contribution in [-0.4, -0.2) is 39.7 Å². The van der Waals surface area contributed by atoms with E-state index in [9.17, 15) is 14.7 Å². The van der Waals surface area contributed by atoms with Gasteiger partial charge in [-0.25, -0.2) is 0 Å². The zero-order valence-electron chi connectivity index (χ0n) is 19.4. The highest BCUT2D eigenvalue weighted by Crippen LogP contribution is 2.48. The number of aromatic nitrogens is 1. The highest BCUT2D eigenvalue weighted by Gasteiger charge is 2.55. The number of aliphatic hydroxyl groups is 1. The Hall–Kier alpha value is -2.70. The second kappa shape index (κ2) is 8.92. The maximum absolute atomic E-state index is 13.6. The van der Waals surface area contributed by atoms with Crippen LogP contribution in [0.3, 0.4) is 0 Å². The normalized spacial score (nSPS) is 27.2. The Morgan fingerprint density at radius 3 is 2.67 bits per heavy atom. The Morgan fingerprint density at radius 2 is 2.00 bits per heavy atom. The third-order valence-corrected chi connectivity index (χ3v) is 7.88. The van der Waals surface area contributed by atoms with Crippen LogP contribution >= 0.6 is 0 Å². The quantitative estimate of drug-likeness (QED) is 0.713. The lowest BCUT2D eigenvalue weighted by Crippen LogP contribution is -2.46. The van der Waals surface area contributed by atoms with E-state index >= 15 is 0 Å². The fraction of sp³-hybridized carbons (Fsp3) is 0.481. The van der Waals surface area contributed by atoms with Crippen molar-refractivity contribution in [2.75, 3.05) is 13.2 Å². The highest BCUT2D eigenvalue weighted by molar-refractivity contribution is 5.81. The molecule has 2 aliphatic heterocycles. The van der Waals surface area contributed by atoms with Crippen molar-refractivity contribution in [1.29, 1.82) is 0 Å². The van der Waals surface area contributed by atoms with Gasteiger partial charge in [0, 0.05) is 36.4 Å². The topological polar surface area (TPSA) is 74.6 Å². The van der Waals surface area contributed by atoms with Gasteiger partial charge in [-0.05, 0) is 56.0 Å². The molecule has 3 aliphatic rings. The summed E-state index contributed by atoms with van der Waals surface area (Å²) in [5.74, 6) is -0.679. The molecule has 5 atom stereocenters. The zero-order chi connectivity index (χ0) is 23.1. The molecule has 174 valence electrons. The summed E-state index contributed by atoms with van der Waals surface area (Å²) in [7, 11) is 0. The van der Waals surface area contributed by atoms with Gasteiger partial charge < -0.3 is 15.0 Å². The molecule has 6 heteroatoms. The van der Waals surface area contributed by atoms with Gasteiger partial charge in [-0.1, -0.05) is 43.3 Å². The Balaban J connectivity index is 1.51. The average molecular weight is 448 g/mol. The van der Waals surface area contributed by atoms with Crippen molar-refractivity contribution < 1.29 is 9.90 Å². The lowest BCUT2D eigenvalue weighted by molar-refractivity contribution is -0.128. The lowest BCUT2D eigenvalue weighted by Gasteiger charge is -2.37. The van der Waals surface area contributed by atoms with Crippen LogP contribution < -0.4 is 10.9 Å². The van der Waals surface area contributed by atoms with Crippen molar-refractivity contribution in [2.45, 2.75) is 57.8 Å². The predicted molar refractivity (Wildman–Crippen MR) is 129 cm³/mol. The van der Waals surface area contributed by atoms with E-state index in [0.29, 0.717) is 6.54 Å². The molecule has 5 rings (SSSR count). The van der Waals surface area contributed by atoms with Gasteiger partial charge in [0.05, 0.1) is 18.0 Å². The van der Waals surface area contributed by atoms with E-state index in [0.717, 1.165) is 48.2 Å². The Kier molecular flexibility index (Phi) is 5.97. The number of nitrogens with zero attached hydrogens (tertiary/aromatic N) is 2. The van der Waals surface area contributed by atoms with Gasteiger partial charge >= 0.3 is 0 Å². The molecule has 0 spiro atoms. The van der Waals surface area contributed by atoms with E-state index in [-0.39, 0.29) is 42.1 Å². The van der Waals surface area contributed by atoms with Gasteiger partial charge in [-0.15, -0.1) is 0 Å². The number of aliphatic hydroxyl groups excluding tert-OH is 1. The number of pyridine rings is 1. The summed E-state index contributed by atoms with van der Waals surface area (Å²) in [6, 6.07) is 13.5. The maximum Gasteiger partial charge on any atom is 0.258 e. The van der Waals surface area contributed by atoms with E-state index in [4.69, 9.17) is 0 Å². The third-order valence-electron chi connectivity index (χ3n) is 7.88. The number of benzene rings is 1. The molecule has 3 heterocycles. The van der Waals surface area contributed by atoms with Crippen LogP contribution in [0.5, 0.6) is 0 Å². The van der Waals surface area contributed by atoms with Crippen molar-refractivity contribution in [3.8, 4) is 0 Å². The Bertz CT molecular complexity index is 1120. The van der Waals surface area contributed by atoms with Gasteiger partial charge in [-0.3, -0.25) is 14.5 Å². The summed E-state index contributed by atoms with van der Waals surface area (Å²) in [6.07, 6.45) is 5.25. The van der Waals surface area contributed by atoms with E-state index in [1.807, 2.05) is 54.0 Å². The summed E-state index contributed by atoms with van der Waals surface area (Å²) in [6.45, 7) is 5.29. The van der Waals surface area contributed by atoms with Crippen LogP contribution in [0.2, 0.25) is 0 Å². The molecule has 0 unspecified atom stereocenters. The number of allylic oxidation sites excluding steroid dienone is 2. The first-order valence-electron chi connectivity index (χ1n) is 12.2. The second-order valence-electron chi connectivity index (χ2n) is 9.57. The van der Waals surface area contributed by atoms with Crippen LogP contribution in [0.4, 0.5) is 0 Å². The molecule has 0 radical (unpaired) electrons. The molecular formula is C27H33N3O3. The average Bonchev–Trinajstić information content (AvgIpc) is 3.44. The standard InChI is InChI=1S/C27H33N3O3/c1-3-29-23-15-30-22(14-13-20(27(30)33)19-11-7-8-12-19)25(29)24(21(23)16-31)26(32)28-17(2)18-9-5-4-6-10-18/h4-6,9-11,13-14,17,21,23-25,31H,3,7-8,12,15-16H2,1-2H3,(H,28,32)/t17-,21-,23-,24+,25+/m1/s1. The summed E-state index contributed by atoms with van der Waals surface area (Å²) < 4.78 is 1.88. The number of hydrogen-bond acceptors (Lipinski definition) is 4. The number of carbonyl (C=O) groups excluding carboxylic acids is 1. The van der Waals surface area contributed by atoms with E-state index < -0.39 is 5.92 Å². The van der Waals surface area contributed by atoms with Crippen LogP contribution in [-0.2, 0) is 11.3 Å². The number of nitrogens with one attached hydrogen (secondary N) is 1. The summed E-state index contributed by atoms with van der Waals surface area (Å²) in [4.78, 5) is 29.4. The monoisotopic (exact) mass is 447 g/mol. The van der Waals surface area contributed by atoms with E-state index in [1.54, 1.807) is 0 Å². The third kappa shape index (κ3) is 3.65. The first kappa shape index (κ1) is 22.1. The highest BCUT2D eigenvalue weighted by atomic mass is 16.3. The number of carbonyl (C=O) groups is 1. The summed E-state index contributed by atoms with van der Waals surface area (Å²) in [5.41, 5.74) is 3.92. The maximum atomic E-state index is 13.6. The largest absolute Gasteiger partial charge is 0.396 e. The molecule has 0 saturated carbocycles. The smallest absolute Gasteiger partial charge is 0.258 e. The van der Waals surface area contributed by atoms with Gasteiger partial charge in [0.1, 0.15) is 0 Å². The number of hydrogen-bond donors (Lipinski definition) is 2. The first-order chi connectivity index (χ1) is 16.0. The molecule has 1 aromatic carbocycles. The fourth-order valence-corrected chi connectivity index (χ4v) is 6.25. The molecule has 1 saturated heterocycles. The predicted octanol–water partition coefficient (Wildman–Crippen LogP) is 3.28. The van der Waals surface area contributed by atoms with Crippen LogP contribution in [0.15, 0.2) is 53.3 Å². The van der Waals surface area contributed by atoms with Gasteiger partial charge in [0.2, 0.25) is 5.91 Å². The Labute approximate surface area is 194 Å². The SMILES string of the molecule is CCN1[C@@H]2Cn3c(ccc(C4=CCCC4)c3=O)[C@H]1[C@@H](C(=O)N[C@H](C)c1ccccc1)[C@@H]2CO. The summed E-state index contributed by atoms with van der Waals surface area (Å²) >= 11 is 0. The number of amides is 1. The molecule has 2 bridgehead atoms. The minimum atomic E-state index is -0.407. The van der Waals surface area contributed by atoms with E-state index in [1.165, 1.54) is 0 Å². The molecule has 1 aromatic heterocycles. The number of fused-ring (bicyclic) bond motifs is 4. The molecule has 2 aromatic rings. The van der Waals surface area contributed by atoms with Gasteiger partial charge in [-0.2, -0.15) is 0 Å². The molecule has 33 heavy (non-hydrogen) atoms.